The number of rotatable bonds is 1. The topological polar surface area (TPSA) is 20.2 Å². The Morgan fingerprint density at radius 2 is 1.78 bits per heavy atom. The Labute approximate surface area is 55.1 Å². The summed E-state index contributed by atoms with van der Waals surface area (Å²) in [6, 6.07) is 0. The van der Waals surface area contributed by atoms with Crippen LogP contribution in [-0.2, 0) is 0 Å². The highest BCUT2D eigenvalue weighted by Crippen LogP contribution is 2.77. The lowest BCUT2D eigenvalue weighted by Gasteiger charge is -2.03. The summed E-state index contributed by atoms with van der Waals surface area (Å²) in [5.74, 6) is 0.741. The molecule has 0 aromatic heterocycles. The number of hydrogen-bond acceptors (Lipinski definition) is 1. The molecule has 0 aromatic carbocycles. The molecule has 1 unspecified atom stereocenters. The zero-order valence-electron chi connectivity index (χ0n) is 5.56. The lowest BCUT2D eigenvalue weighted by molar-refractivity contribution is 0.118. The van der Waals surface area contributed by atoms with Crippen molar-refractivity contribution in [1.29, 1.82) is 0 Å². The summed E-state index contributed by atoms with van der Waals surface area (Å²) >= 11 is 0. The number of aliphatic hydroxyl groups is 1. The zero-order valence-corrected chi connectivity index (χ0v) is 5.56. The fraction of sp³-hybridized carbons (Fsp3) is 1.00. The van der Waals surface area contributed by atoms with Crippen LogP contribution in [0.4, 0.5) is 0 Å². The molecule has 0 aromatic rings. The lowest BCUT2D eigenvalue weighted by atomic mass is 10.1. The summed E-state index contributed by atoms with van der Waals surface area (Å²) < 4.78 is 0. The maximum Gasteiger partial charge on any atom is 0.0683 e. The molecule has 3 saturated carbocycles. The molecule has 0 heterocycles. The minimum atomic E-state index is -0.142. The second-order valence-electron chi connectivity index (χ2n) is 4.22. The zero-order chi connectivity index (χ0) is 6.11. The van der Waals surface area contributed by atoms with Crippen LogP contribution in [0.15, 0.2) is 0 Å². The standard InChI is InChI=1S/C8H12O/c9-8(3-4-8)6-5-7(6)1-2-7/h6,9H,1-5H2. The third-order valence-electron chi connectivity index (χ3n) is 3.49. The van der Waals surface area contributed by atoms with Crippen molar-refractivity contribution in [3.63, 3.8) is 0 Å². The second-order valence-corrected chi connectivity index (χ2v) is 4.22. The molecule has 1 N–H and O–H groups in total. The first-order chi connectivity index (χ1) is 4.25. The van der Waals surface area contributed by atoms with Crippen molar-refractivity contribution < 1.29 is 5.11 Å². The normalized spacial score (nSPS) is 47.0. The Morgan fingerprint density at radius 3 is 2.11 bits per heavy atom. The first kappa shape index (κ1) is 4.73. The van der Waals surface area contributed by atoms with Gasteiger partial charge in [-0.25, -0.2) is 0 Å². The fourth-order valence-electron chi connectivity index (χ4n) is 2.30. The van der Waals surface area contributed by atoms with Gasteiger partial charge in [-0.1, -0.05) is 0 Å². The average molecular weight is 124 g/mol. The van der Waals surface area contributed by atoms with Crippen LogP contribution in [0.2, 0.25) is 0 Å². The van der Waals surface area contributed by atoms with E-state index in [9.17, 15) is 5.11 Å². The molecular formula is C8H12O. The molecule has 0 radical (unpaired) electrons. The second kappa shape index (κ2) is 0.968. The molecule has 1 heteroatoms. The van der Waals surface area contributed by atoms with Crippen LogP contribution in [0, 0.1) is 11.3 Å². The van der Waals surface area contributed by atoms with Gasteiger partial charge >= 0.3 is 0 Å². The molecule has 1 atom stereocenters. The van der Waals surface area contributed by atoms with Crippen molar-refractivity contribution >= 4 is 0 Å². The highest BCUT2D eigenvalue weighted by atomic mass is 16.3. The molecule has 50 valence electrons. The van der Waals surface area contributed by atoms with E-state index in [2.05, 4.69) is 0 Å². The Hall–Kier alpha value is -0.0400. The van der Waals surface area contributed by atoms with Crippen molar-refractivity contribution in [3.8, 4) is 0 Å². The molecule has 1 spiro atoms. The monoisotopic (exact) mass is 124 g/mol. The van der Waals surface area contributed by atoms with Crippen LogP contribution >= 0.6 is 0 Å². The highest BCUT2D eigenvalue weighted by molar-refractivity contribution is 5.22. The van der Waals surface area contributed by atoms with Gasteiger partial charge in [0.2, 0.25) is 0 Å². The minimum absolute atomic E-state index is 0.142. The average Bonchev–Trinajstić information content (AvgIpc) is 2.61. The van der Waals surface area contributed by atoms with Crippen LogP contribution in [-0.4, -0.2) is 10.7 Å². The quantitative estimate of drug-likeness (QED) is 0.558. The van der Waals surface area contributed by atoms with Gasteiger partial charge in [0.15, 0.2) is 0 Å². The van der Waals surface area contributed by atoms with Gasteiger partial charge in [0.1, 0.15) is 0 Å². The van der Waals surface area contributed by atoms with Crippen LogP contribution in [0.25, 0.3) is 0 Å². The lowest BCUT2D eigenvalue weighted by Crippen LogP contribution is -2.10. The van der Waals surface area contributed by atoms with Crippen LogP contribution in [0.3, 0.4) is 0 Å². The Kier molecular flexibility index (Phi) is 0.508. The van der Waals surface area contributed by atoms with Crippen molar-refractivity contribution in [2.75, 3.05) is 0 Å². The first-order valence-electron chi connectivity index (χ1n) is 3.98. The van der Waals surface area contributed by atoms with Gasteiger partial charge in [-0.05, 0) is 43.4 Å². The Balaban J connectivity index is 1.83. The van der Waals surface area contributed by atoms with E-state index in [0.717, 1.165) is 18.8 Å². The predicted molar refractivity (Wildman–Crippen MR) is 34.0 cm³/mol. The maximum atomic E-state index is 9.64. The Morgan fingerprint density at radius 1 is 1.11 bits per heavy atom. The molecular weight excluding hydrogens is 112 g/mol. The largest absolute Gasteiger partial charge is 0.390 e. The number of hydrogen-bond donors (Lipinski definition) is 1. The molecule has 3 aliphatic rings. The third kappa shape index (κ3) is 0.454. The summed E-state index contributed by atoms with van der Waals surface area (Å²) in [4.78, 5) is 0. The van der Waals surface area contributed by atoms with Gasteiger partial charge < -0.3 is 5.11 Å². The van der Waals surface area contributed by atoms with Crippen LogP contribution in [0.5, 0.6) is 0 Å². The van der Waals surface area contributed by atoms with E-state index >= 15 is 0 Å². The van der Waals surface area contributed by atoms with E-state index in [-0.39, 0.29) is 5.60 Å². The highest BCUT2D eigenvalue weighted by Gasteiger charge is 2.72. The summed E-state index contributed by atoms with van der Waals surface area (Å²) in [6.07, 6.45) is 6.38. The molecule has 3 fully saturated rings. The van der Waals surface area contributed by atoms with E-state index in [1.807, 2.05) is 0 Å². The van der Waals surface area contributed by atoms with E-state index in [4.69, 9.17) is 0 Å². The third-order valence-corrected chi connectivity index (χ3v) is 3.49. The molecule has 3 rings (SSSR count). The molecule has 3 aliphatic carbocycles. The van der Waals surface area contributed by atoms with Crippen molar-refractivity contribution in [2.24, 2.45) is 11.3 Å². The van der Waals surface area contributed by atoms with Crippen molar-refractivity contribution in [2.45, 2.75) is 37.7 Å². The van der Waals surface area contributed by atoms with Crippen LogP contribution < -0.4 is 0 Å². The van der Waals surface area contributed by atoms with Gasteiger partial charge in [0.25, 0.3) is 0 Å². The summed E-state index contributed by atoms with van der Waals surface area (Å²) in [5.41, 5.74) is 0.571. The van der Waals surface area contributed by atoms with E-state index in [1.165, 1.54) is 19.3 Å². The molecule has 0 aliphatic heterocycles. The molecule has 0 amide bonds. The Bertz CT molecular complexity index is 165. The molecule has 9 heavy (non-hydrogen) atoms. The summed E-state index contributed by atoms with van der Waals surface area (Å²) in [5, 5.41) is 9.64. The molecule has 0 saturated heterocycles. The van der Waals surface area contributed by atoms with Gasteiger partial charge in [0.05, 0.1) is 5.60 Å². The summed E-state index contributed by atoms with van der Waals surface area (Å²) in [7, 11) is 0. The summed E-state index contributed by atoms with van der Waals surface area (Å²) in [6.45, 7) is 0. The van der Waals surface area contributed by atoms with Gasteiger partial charge in [-0.3, -0.25) is 0 Å². The van der Waals surface area contributed by atoms with Crippen molar-refractivity contribution in [3.05, 3.63) is 0 Å². The smallest absolute Gasteiger partial charge is 0.0683 e. The fourth-order valence-corrected chi connectivity index (χ4v) is 2.30. The van der Waals surface area contributed by atoms with E-state index < -0.39 is 0 Å². The van der Waals surface area contributed by atoms with Crippen LogP contribution in [0.1, 0.15) is 32.1 Å². The maximum absolute atomic E-state index is 9.64. The van der Waals surface area contributed by atoms with E-state index in [1.54, 1.807) is 0 Å². The SMILES string of the molecule is OC1(C2CC23CC3)CC1. The molecule has 0 bridgehead atoms. The van der Waals surface area contributed by atoms with Gasteiger partial charge in [-0.15, -0.1) is 0 Å². The van der Waals surface area contributed by atoms with Gasteiger partial charge in [0, 0.05) is 0 Å². The minimum Gasteiger partial charge on any atom is -0.390 e. The molecule has 1 nitrogen and oxygen atoms in total. The van der Waals surface area contributed by atoms with E-state index in [0.29, 0.717) is 5.41 Å². The first-order valence-corrected chi connectivity index (χ1v) is 3.98. The van der Waals surface area contributed by atoms with Crippen molar-refractivity contribution in [1.82, 2.24) is 0 Å². The van der Waals surface area contributed by atoms with Gasteiger partial charge in [-0.2, -0.15) is 0 Å². The predicted octanol–water partition coefficient (Wildman–Crippen LogP) is 1.31.